The van der Waals surface area contributed by atoms with Crippen molar-refractivity contribution in [2.75, 3.05) is 5.73 Å². The molecular formula is C16H23N3. The highest BCUT2D eigenvalue weighted by atomic mass is 15.0. The van der Waals surface area contributed by atoms with E-state index in [1.54, 1.807) is 0 Å². The first-order valence-corrected chi connectivity index (χ1v) is 7.28. The van der Waals surface area contributed by atoms with Crippen LogP contribution < -0.4 is 11.1 Å². The average molecular weight is 257 g/mol. The molecule has 1 aromatic heterocycles. The van der Waals surface area contributed by atoms with Crippen LogP contribution in [0.25, 0.3) is 10.9 Å². The molecule has 0 aliphatic heterocycles. The molecule has 1 saturated carbocycles. The van der Waals surface area contributed by atoms with Gasteiger partial charge in [0.2, 0.25) is 0 Å². The van der Waals surface area contributed by atoms with Gasteiger partial charge < -0.3 is 15.6 Å². The van der Waals surface area contributed by atoms with E-state index in [0.29, 0.717) is 12.1 Å². The lowest BCUT2D eigenvalue weighted by Crippen LogP contribution is -2.34. The minimum atomic E-state index is 0.460. The summed E-state index contributed by atoms with van der Waals surface area (Å²) in [6.07, 6.45) is 6.27. The van der Waals surface area contributed by atoms with Crippen LogP contribution in [0.1, 0.15) is 44.7 Å². The van der Waals surface area contributed by atoms with E-state index in [4.69, 9.17) is 5.73 Å². The van der Waals surface area contributed by atoms with Crippen LogP contribution >= 0.6 is 0 Å². The maximum absolute atomic E-state index is 6.18. The molecule has 102 valence electrons. The zero-order chi connectivity index (χ0) is 13.4. The summed E-state index contributed by atoms with van der Waals surface area (Å²) in [5.74, 6) is 0. The number of nitrogens with one attached hydrogen (secondary N) is 1. The summed E-state index contributed by atoms with van der Waals surface area (Å²) in [6, 6.07) is 7.38. The summed E-state index contributed by atoms with van der Waals surface area (Å²) in [6.45, 7) is 5.35. The van der Waals surface area contributed by atoms with E-state index in [2.05, 4.69) is 36.0 Å². The summed E-state index contributed by atoms with van der Waals surface area (Å²) < 4.78 is 2.32. The van der Waals surface area contributed by atoms with Crippen LogP contribution in [0.2, 0.25) is 0 Å². The summed E-state index contributed by atoms with van der Waals surface area (Å²) in [5, 5.41) is 4.86. The summed E-state index contributed by atoms with van der Waals surface area (Å²) >= 11 is 0. The minimum absolute atomic E-state index is 0.460. The van der Waals surface area contributed by atoms with Crippen molar-refractivity contribution in [1.82, 2.24) is 9.88 Å². The number of anilines is 1. The molecule has 1 aromatic carbocycles. The summed E-state index contributed by atoms with van der Waals surface area (Å²) in [7, 11) is 0. The van der Waals surface area contributed by atoms with Gasteiger partial charge in [-0.15, -0.1) is 0 Å². The highest BCUT2D eigenvalue weighted by Gasteiger charge is 2.18. The van der Waals surface area contributed by atoms with Gasteiger partial charge in [0.15, 0.2) is 0 Å². The van der Waals surface area contributed by atoms with Crippen LogP contribution in [0.4, 0.5) is 5.69 Å². The Morgan fingerprint density at radius 3 is 2.79 bits per heavy atom. The van der Waals surface area contributed by atoms with E-state index >= 15 is 0 Å². The number of hydrogen-bond donors (Lipinski definition) is 2. The van der Waals surface area contributed by atoms with Crippen molar-refractivity contribution in [3.63, 3.8) is 0 Å². The molecule has 19 heavy (non-hydrogen) atoms. The molecule has 3 N–H and O–H groups in total. The Balaban J connectivity index is 1.97. The van der Waals surface area contributed by atoms with E-state index < -0.39 is 0 Å². The number of rotatable bonds is 4. The van der Waals surface area contributed by atoms with Crippen molar-refractivity contribution >= 4 is 16.6 Å². The monoisotopic (exact) mass is 257 g/mol. The molecule has 3 nitrogen and oxygen atoms in total. The molecule has 3 rings (SSSR count). The Kier molecular flexibility index (Phi) is 3.23. The molecule has 1 aliphatic rings. The molecule has 1 aliphatic carbocycles. The Morgan fingerprint density at radius 1 is 1.37 bits per heavy atom. The molecule has 1 heterocycles. The molecule has 0 spiro atoms. The molecule has 1 fully saturated rings. The van der Waals surface area contributed by atoms with Gasteiger partial charge in [0, 0.05) is 35.9 Å². The molecule has 0 radical (unpaired) electrons. The molecular weight excluding hydrogens is 234 g/mol. The van der Waals surface area contributed by atoms with Crippen molar-refractivity contribution in [1.29, 1.82) is 0 Å². The van der Waals surface area contributed by atoms with Gasteiger partial charge in [0.25, 0.3) is 0 Å². The van der Waals surface area contributed by atoms with Crippen molar-refractivity contribution in [3.8, 4) is 0 Å². The Bertz CT molecular complexity index is 579. The number of nitrogens with zero attached hydrogens (tertiary/aromatic N) is 1. The smallest absolute Gasteiger partial charge is 0.0506 e. The van der Waals surface area contributed by atoms with Crippen LogP contribution in [0.5, 0.6) is 0 Å². The molecule has 0 bridgehead atoms. The van der Waals surface area contributed by atoms with Crippen molar-refractivity contribution < 1.29 is 0 Å². The van der Waals surface area contributed by atoms with Gasteiger partial charge in [-0.3, -0.25) is 0 Å². The fourth-order valence-electron chi connectivity index (χ4n) is 2.85. The van der Waals surface area contributed by atoms with Crippen molar-refractivity contribution in [2.45, 2.75) is 51.7 Å². The highest BCUT2D eigenvalue weighted by molar-refractivity contribution is 5.94. The van der Waals surface area contributed by atoms with Crippen LogP contribution in [0.3, 0.4) is 0 Å². The molecule has 0 atom stereocenters. The predicted molar refractivity (Wildman–Crippen MR) is 81.2 cm³/mol. The van der Waals surface area contributed by atoms with E-state index in [9.17, 15) is 0 Å². The second kappa shape index (κ2) is 4.89. The SMILES string of the molecule is CC(C)n1cc(CNC2CCC2)c2c(N)cccc21. The largest absolute Gasteiger partial charge is 0.398 e. The Hall–Kier alpha value is -1.48. The quantitative estimate of drug-likeness (QED) is 0.824. The van der Waals surface area contributed by atoms with E-state index in [1.807, 2.05) is 12.1 Å². The number of fused-ring (bicyclic) bond motifs is 1. The first-order valence-electron chi connectivity index (χ1n) is 7.28. The number of nitrogens with two attached hydrogens (primary N) is 1. The standard InChI is InChI=1S/C16H23N3/c1-11(2)19-10-12(9-18-13-5-3-6-13)16-14(17)7-4-8-15(16)19/h4,7-8,10-11,13,18H,3,5-6,9,17H2,1-2H3. The lowest BCUT2D eigenvalue weighted by Gasteiger charge is -2.26. The van der Waals surface area contributed by atoms with Crippen molar-refractivity contribution in [3.05, 3.63) is 30.0 Å². The highest BCUT2D eigenvalue weighted by Crippen LogP contribution is 2.30. The van der Waals surface area contributed by atoms with Gasteiger partial charge in [-0.1, -0.05) is 12.5 Å². The number of hydrogen-bond acceptors (Lipinski definition) is 2. The molecule has 0 unspecified atom stereocenters. The third-order valence-corrected chi connectivity index (χ3v) is 4.21. The summed E-state index contributed by atoms with van der Waals surface area (Å²) in [4.78, 5) is 0. The van der Waals surface area contributed by atoms with Crippen molar-refractivity contribution in [2.24, 2.45) is 0 Å². The maximum Gasteiger partial charge on any atom is 0.0506 e. The first kappa shape index (κ1) is 12.5. The van der Waals surface area contributed by atoms with Gasteiger partial charge in [0.1, 0.15) is 0 Å². The number of nitrogen functional groups attached to an aromatic ring is 1. The molecule has 0 amide bonds. The number of aromatic nitrogens is 1. The maximum atomic E-state index is 6.18. The van der Waals surface area contributed by atoms with Gasteiger partial charge >= 0.3 is 0 Å². The predicted octanol–water partition coefficient (Wildman–Crippen LogP) is 3.45. The fraction of sp³-hybridized carbons (Fsp3) is 0.500. The zero-order valence-electron chi connectivity index (χ0n) is 11.8. The van der Waals surface area contributed by atoms with Gasteiger partial charge in [-0.2, -0.15) is 0 Å². The van der Waals surface area contributed by atoms with Gasteiger partial charge in [-0.25, -0.2) is 0 Å². The zero-order valence-corrected chi connectivity index (χ0v) is 11.8. The average Bonchev–Trinajstić information content (AvgIpc) is 2.68. The first-order chi connectivity index (χ1) is 9.16. The van der Waals surface area contributed by atoms with Gasteiger partial charge in [-0.05, 0) is 44.4 Å². The molecule has 3 heteroatoms. The van der Waals surface area contributed by atoms with Crippen LogP contribution in [0, 0.1) is 0 Å². The third-order valence-electron chi connectivity index (χ3n) is 4.21. The molecule has 0 saturated heterocycles. The Morgan fingerprint density at radius 2 is 2.16 bits per heavy atom. The second-order valence-electron chi connectivity index (χ2n) is 5.91. The minimum Gasteiger partial charge on any atom is -0.398 e. The van der Waals surface area contributed by atoms with Crippen LogP contribution in [0.15, 0.2) is 24.4 Å². The van der Waals surface area contributed by atoms with Crippen LogP contribution in [-0.2, 0) is 6.54 Å². The second-order valence-corrected chi connectivity index (χ2v) is 5.91. The Labute approximate surface area is 114 Å². The third kappa shape index (κ3) is 2.23. The number of benzene rings is 1. The summed E-state index contributed by atoms with van der Waals surface area (Å²) in [5.41, 5.74) is 9.65. The lowest BCUT2D eigenvalue weighted by molar-refractivity contribution is 0.338. The topological polar surface area (TPSA) is 43.0 Å². The van der Waals surface area contributed by atoms with Crippen LogP contribution in [-0.4, -0.2) is 10.6 Å². The van der Waals surface area contributed by atoms with E-state index in [0.717, 1.165) is 12.2 Å². The lowest BCUT2D eigenvalue weighted by atomic mass is 9.93. The van der Waals surface area contributed by atoms with E-state index in [1.165, 1.54) is 35.7 Å². The normalized spacial score (nSPS) is 16.2. The van der Waals surface area contributed by atoms with Gasteiger partial charge in [0.05, 0.1) is 5.52 Å². The van der Waals surface area contributed by atoms with E-state index in [-0.39, 0.29) is 0 Å². The molecule has 2 aromatic rings. The fourth-order valence-corrected chi connectivity index (χ4v) is 2.85.